The van der Waals surface area contributed by atoms with Crippen molar-refractivity contribution in [1.82, 2.24) is 10.2 Å². The van der Waals surface area contributed by atoms with Crippen LogP contribution in [0.1, 0.15) is 56.4 Å². The predicted molar refractivity (Wildman–Crippen MR) is 106 cm³/mol. The highest BCUT2D eigenvalue weighted by molar-refractivity contribution is 7.91. The molecule has 4 rings (SSSR count). The van der Waals surface area contributed by atoms with Gasteiger partial charge in [0.05, 0.1) is 11.5 Å². The van der Waals surface area contributed by atoms with Gasteiger partial charge in [0.2, 0.25) is 0 Å². The first-order valence-corrected chi connectivity index (χ1v) is 12.1. The second kappa shape index (κ2) is 7.46. The first kappa shape index (κ1) is 18.8. The number of amides is 2. The summed E-state index contributed by atoms with van der Waals surface area (Å²) >= 11 is 0. The van der Waals surface area contributed by atoms with Gasteiger partial charge in [0.25, 0.3) is 0 Å². The zero-order chi connectivity index (χ0) is 18.9. The van der Waals surface area contributed by atoms with Crippen molar-refractivity contribution in [2.75, 3.05) is 24.6 Å². The van der Waals surface area contributed by atoms with E-state index in [-0.39, 0.29) is 29.0 Å². The van der Waals surface area contributed by atoms with Crippen LogP contribution in [0, 0.1) is 5.41 Å². The molecule has 0 unspecified atom stereocenters. The van der Waals surface area contributed by atoms with E-state index in [1.165, 1.54) is 5.56 Å². The number of hydrogen-bond donors (Lipinski definition) is 1. The van der Waals surface area contributed by atoms with Crippen molar-refractivity contribution < 1.29 is 13.2 Å². The number of benzene rings is 1. The third kappa shape index (κ3) is 4.31. The van der Waals surface area contributed by atoms with E-state index in [0.717, 1.165) is 45.1 Å². The molecule has 0 bridgehead atoms. The fourth-order valence-corrected chi connectivity index (χ4v) is 7.45. The predicted octanol–water partition coefficient (Wildman–Crippen LogP) is 3.32. The Bertz CT molecular complexity index is 772. The zero-order valence-electron chi connectivity index (χ0n) is 15.9. The average molecular weight is 391 g/mol. The van der Waals surface area contributed by atoms with Crippen molar-refractivity contribution in [3.05, 3.63) is 35.9 Å². The summed E-state index contributed by atoms with van der Waals surface area (Å²) in [6, 6.07) is 10.9. The van der Waals surface area contributed by atoms with Crippen LogP contribution < -0.4 is 5.32 Å². The molecule has 148 valence electrons. The monoisotopic (exact) mass is 390 g/mol. The fourth-order valence-electron chi connectivity index (χ4n) is 5.25. The van der Waals surface area contributed by atoms with Gasteiger partial charge in [-0.2, -0.15) is 0 Å². The van der Waals surface area contributed by atoms with Gasteiger partial charge in [0.15, 0.2) is 9.84 Å². The Labute approximate surface area is 162 Å². The lowest BCUT2D eigenvalue weighted by Crippen LogP contribution is -2.52. The summed E-state index contributed by atoms with van der Waals surface area (Å²) in [4.78, 5) is 14.7. The van der Waals surface area contributed by atoms with Gasteiger partial charge in [-0.1, -0.05) is 30.3 Å². The lowest BCUT2D eigenvalue weighted by Gasteiger charge is -2.40. The topological polar surface area (TPSA) is 66.5 Å². The molecule has 2 heterocycles. The van der Waals surface area contributed by atoms with Crippen LogP contribution in [-0.4, -0.2) is 50.0 Å². The molecule has 3 fully saturated rings. The van der Waals surface area contributed by atoms with E-state index in [1.807, 2.05) is 4.90 Å². The number of likely N-dealkylation sites (tertiary alicyclic amines) is 1. The molecule has 1 aromatic rings. The first-order chi connectivity index (χ1) is 12.9. The van der Waals surface area contributed by atoms with Gasteiger partial charge in [-0.3, -0.25) is 0 Å². The first-order valence-electron chi connectivity index (χ1n) is 10.3. The lowest BCUT2D eigenvalue weighted by molar-refractivity contribution is 0.118. The van der Waals surface area contributed by atoms with Crippen molar-refractivity contribution in [3.63, 3.8) is 0 Å². The largest absolute Gasteiger partial charge is 0.335 e. The number of carbonyl (C=O) groups excluding carboxylic acids is 1. The van der Waals surface area contributed by atoms with Gasteiger partial charge in [-0.15, -0.1) is 0 Å². The van der Waals surface area contributed by atoms with Gasteiger partial charge in [-0.25, -0.2) is 13.2 Å². The standard InChI is InChI=1S/C21H30N2O3S/c24-20(23-13-4-11-21(15-23)12-14-27(25,26)16-21)22-19-9-7-18(8-10-19)17-5-2-1-3-6-17/h1-3,5-6,18-19H,4,7-16H2,(H,22,24)/t18?,19?,21-/m1/s1. The highest BCUT2D eigenvalue weighted by Gasteiger charge is 2.45. The number of hydrogen-bond acceptors (Lipinski definition) is 3. The maximum absolute atomic E-state index is 12.8. The summed E-state index contributed by atoms with van der Waals surface area (Å²) in [5.41, 5.74) is 1.21. The minimum Gasteiger partial charge on any atom is -0.335 e. The minimum atomic E-state index is -2.92. The quantitative estimate of drug-likeness (QED) is 0.842. The van der Waals surface area contributed by atoms with Crippen molar-refractivity contribution in [3.8, 4) is 0 Å². The van der Waals surface area contributed by atoms with Gasteiger partial charge in [-0.05, 0) is 56.4 Å². The summed E-state index contributed by atoms with van der Waals surface area (Å²) in [6.45, 7) is 1.34. The molecule has 2 saturated heterocycles. The maximum atomic E-state index is 12.8. The van der Waals surface area contributed by atoms with Crippen molar-refractivity contribution >= 4 is 15.9 Å². The highest BCUT2D eigenvalue weighted by atomic mass is 32.2. The van der Waals surface area contributed by atoms with Gasteiger partial charge in [0.1, 0.15) is 0 Å². The molecule has 0 radical (unpaired) electrons. The summed E-state index contributed by atoms with van der Waals surface area (Å²) in [5.74, 6) is 1.14. The molecule has 5 nitrogen and oxygen atoms in total. The Balaban J connectivity index is 1.30. The molecular formula is C21H30N2O3S. The normalized spacial score (nSPS) is 33.1. The van der Waals surface area contributed by atoms with E-state index in [0.29, 0.717) is 18.9 Å². The van der Waals surface area contributed by atoms with Crippen LogP contribution in [-0.2, 0) is 9.84 Å². The van der Waals surface area contributed by atoms with Crippen LogP contribution >= 0.6 is 0 Å². The van der Waals surface area contributed by atoms with E-state index < -0.39 is 9.84 Å². The highest BCUT2D eigenvalue weighted by Crippen LogP contribution is 2.40. The van der Waals surface area contributed by atoms with E-state index in [2.05, 4.69) is 35.6 Å². The number of sulfone groups is 1. The number of nitrogens with one attached hydrogen (secondary N) is 1. The molecule has 1 aromatic carbocycles. The van der Waals surface area contributed by atoms with E-state index >= 15 is 0 Å². The average Bonchev–Trinajstić information content (AvgIpc) is 2.97. The molecule has 6 heteroatoms. The molecule has 1 aliphatic carbocycles. The number of carbonyl (C=O) groups is 1. The molecule has 1 saturated carbocycles. The van der Waals surface area contributed by atoms with Crippen LogP contribution in [0.15, 0.2) is 30.3 Å². The Morgan fingerprint density at radius 2 is 1.81 bits per heavy atom. The summed E-state index contributed by atoms with van der Waals surface area (Å²) in [7, 11) is -2.92. The zero-order valence-corrected chi connectivity index (χ0v) is 16.7. The van der Waals surface area contributed by atoms with Crippen LogP contribution in [0.25, 0.3) is 0 Å². The third-order valence-electron chi connectivity index (χ3n) is 6.74. The Morgan fingerprint density at radius 3 is 2.48 bits per heavy atom. The Kier molecular flexibility index (Phi) is 5.19. The van der Waals surface area contributed by atoms with Crippen molar-refractivity contribution in [2.45, 2.75) is 56.9 Å². The Hall–Kier alpha value is -1.56. The summed E-state index contributed by atoms with van der Waals surface area (Å²) in [5, 5.41) is 3.23. The van der Waals surface area contributed by atoms with E-state index in [1.54, 1.807) is 0 Å². The molecular weight excluding hydrogens is 360 g/mol. The number of nitrogens with zero attached hydrogens (tertiary/aromatic N) is 1. The molecule has 2 aliphatic heterocycles. The molecule has 2 amide bonds. The SMILES string of the molecule is O=C(NC1CCC(c2ccccc2)CC1)N1CCC[C@@]2(CCS(=O)(=O)C2)C1. The van der Waals surface area contributed by atoms with Gasteiger partial charge in [0, 0.05) is 24.5 Å². The summed E-state index contributed by atoms with van der Waals surface area (Å²) < 4.78 is 23.9. The maximum Gasteiger partial charge on any atom is 0.317 e. The molecule has 1 N–H and O–H groups in total. The third-order valence-corrected chi connectivity index (χ3v) is 8.62. The van der Waals surface area contributed by atoms with Gasteiger partial charge < -0.3 is 10.2 Å². The van der Waals surface area contributed by atoms with Crippen molar-refractivity contribution in [1.29, 1.82) is 0 Å². The van der Waals surface area contributed by atoms with Crippen LogP contribution in [0.4, 0.5) is 4.79 Å². The van der Waals surface area contributed by atoms with E-state index in [9.17, 15) is 13.2 Å². The van der Waals surface area contributed by atoms with Crippen LogP contribution in [0.3, 0.4) is 0 Å². The Morgan fingerprint density at radius 1 is 1.07 bits per heavy atom. The molecule has 3 aliphatic rings. The second-order valence-corrected chi connectivity index (χ2v) is 11.0. The van der Waals surface area contributed by atoms with Crippen LogP contribution in [0.5, 0.6) is 0 Å². The molecule has 27 heavy (non-hydrogen) atoms. The molecule has 1 atom stereocenters. The summed E-state index contributed by atoms with van der Waals surface area (Å²) in [6.07, 6.45) is 6.79. The van der Waals surface area contributed by atoms with Gasteiger partial charge >= 0.3 is 6.03 Å². The van der Waals surface area contributed by atoms with E-state index in [4.69, 9.17) is 0 Å². The van der Waals surface area contributed by atoms with Crippen molar-refractivity contribution in [2.24, 2.45) is 5.41 Å². The smallest absolute Gasteiger partial charge is 0.317 e. The lowest BCUT2D eigenvalue weighted by atomic mass is 9.79. The number of rotatable bonds is 2. The number of urea groups is 1. The minimum absolute atomic E-state index is 0.00142. The molecule has 0 aromatic heterocycles. The number of piperidine rings is 1. The molecule has 1 spiro atoms. The second-order valence-electron chi connectivity index (χ2n) is 8.78. The van der Waals surface area contributed by atoms with Crippen LogP contribution in [0.2, 0.25) is 0 Å². The fraction of sp³-hybridized carbons (Fsp3) is 0.667.